The fourth-order valence-corrected chi connectivity index (χ4v) is 3.02. The summed E-state index contributed by atoms with van der Waals surface area (Å²) in [5, 5.41) is 21.2. The van der Waals surface area contributed by atoms with Crippen molar-refractivity contribution in [3.8, 4) is 11.4 Å². The van der Waals surface area contributed by atoms with Crippen molar-refractivity contribution in [1.82, 2.24) is 10.2 Å². The minimum atomic E-state index is -0.685. The molecule has 3 rings (SSSR count). The van der Waals surface area contributed by atoms with Crippen molar-refractivity contribution in [3.05, 3.63) is 46.4 Å². The van der Waals surface area contributed by atoms with Gasteiger partial charge < -0.3 is 9.94 Å². The molecule has 2 aromatic rings. The van der Waals surface area contributed by atoms with E-state index in [0.717, 1.165) is 15.9 Å². The Labute approximate surface area is 124 Å². The third kappa shape index (κ3) is 2.08. The maximum atomic E-state index is 12.8. The molecule has 0 fully saturated rings. The van der Waals surface area contributed by atoms with Crippen molar-refractivity contribution < 1.29 is 9.47 Å². The van der Waals surface area contributed by atoms with Gasteiger partial charge in [-0.15, -0.1) is 0 Å². The Hall–Kier alpha value is -2.01. The largest absolute Gasteiger partial charge is 0.710 e. The van der Waals surface area contributed by atoms with Gasteiger partial charge in [0.1, 0.15) is 11.2 Å². The van der Waals surface area contributed by atoms with Gasteiger partial charge in [0.15, 0.2) is 11.4 Å². The summed E-state index contributed by atoms with van der Waals surface area (Å²) < 4.78 is 6.85. The third-order valence-corrected chi connectivity index (χ3v) is 3.79. The fourth-order valence-electron chi connectivity index (χ4n) is 3.02. The molecule has 1 aliphatic heterocycles. The monoisotopic (exact) mass is 285 g/mol. The minimum Gasteiger partial charge on any atom is -0.710 e. The first kappa shape index (κ1) is 13.9. The van der Waals surface area contributed by atoms with Gasteiger partial charge in [0.05, 0.1) is 10.7 Å². The molecule has 0 amide bonds. The van der Waals surface area contributed by atoms with Gasteiger partial charge in [-0.2, -0.15) is 0 Å². The molecule has 1 aromatic heterocycles. The summed E-state index contributed by atoms with van der Waals surface area (Å²) >= 11 is 0. The number of rotatable bonds is 1. The average molecular weight is 285 g/mol. The molecule has 0 aliphatic carbocycles. The van der Waals surface area contributed by atoms with Gasteiger partial charge in [-0.3, -0.25) is 0 Å². The number of aromatic nitrogens is 3. The number of aryl methyl sites for hydroxylation is 1. The van der Waals surface area contributed by atoms with Crippen LogP contribution in [-0.2, 0) is 15.9 Å². The predicted octanol–water partition coefficient (Wildman–Crippen LogP) is 2.59. The van der Waals surface area contributed by atoms with Gasteiger partial charge in [-0.05, 0) is 51.9 Å². The summed E-state index contributed by atoms with van der Waals surface area (Å²) in [6, 6.07) is 7.69. The summed E-state index contributed by atoms with van der Waals surface area (Å²) in [5.74, 6) is 0.312. The van der Waals surface area contributed by atoms with Crippen LogP contribution in [0.5, 0.6) is 0 Å². The zero-order valence-electron chi connectivity index (χ0n) is 13.0. The van der Waals surface area contributed by atoms with Crippen molar-refractivity contribution in [2.45, 2.75) is 45.8 Å². The molecule has 0 unspecified atom stereocenters. The summed E-state index contributed by atoms with van der Waals surface area (Å²) in [4.78, 5) is 0. The smallest absolute Gasteiger partial charge is 0.361 e. The molecule has 2 heterocycles. The highest BCUT2D eigenvalue weighted by Crippen LogP contribution is 2.43. The third-order valence-electron chi connectivity index (χ3n) is 3.79. The normalized spacial score (nSPS) is 18.5. The van der Waals surface area contributed by atoms with Crippen molar-refractivity contribution in [1.29, 1.82) is 0 Å². The number of hydrogen-bond acceptors (Lipinski definition) is 4. The van der Waals surface area contributed by atoms with Gasteiger partial charge in [0, 0.05) is 0 Å². The first-order valence-electron chi connectivity index (χ1n) is 7.01. The minimum absolute atomic E-state index is 0.312. The number of ether oxygens (including phenoxy) is 1. The fraction of sp³-hybridized carbons (Fsp3) is 0.438. The van der Waals surface area contributed by atoms with E-state index >= 15 is 0 Å². The van der Waals surface area contributed by atoms with Crippen LogP contribution >= 0.6 is 0 Å². The molecule has 1 aliphatic rings. The number of fused-ring (bicyclic) bond motifs is 1. The zero-order chi connectivity index (χ0) is 15.4. The van der Waals surface area contributed by atoms with E-state index in [0.29, 0.717) is 17.2 Å². The SMILES string of the molecule is Cc1cccc(-c2nnc3c([n+]2[O-])C(C)(C)OC3(C)C)c1. The second-order valence-electron chi connectivity index (χ2n) is 6.51. The van der Waals surface area contributed by atoms with E-state index in [-0.39, 0.29) is 0 Å². The molecule has 21 heavy (non-hydrogen) atoms. The molecule has 5 nitrogen and oxygen atoms in total. The quantitative estimate of drug-likeness (QED) is 0.597. The highest BCUT2D eigenvalue weighted by Gasteiger charge is 2.50. The maximum absolute atomic E-state index is 12.8. The van der Waals surface area contributed by atoms with E-state index in [1.54, 1.807) is 0 Å². The van der Waals surface area contributed by atoms with Crippen molar-refractivity contribution >= 4 is 0 Å². The van der Waals surface area contributed by atoms with Crippen molar-refractivity contribution in [3.63, 3.8) is 0 Å². The Morgan fingerprint density at radius 2 is 1.81 bits per heavy atom. The van der Waals surface area contributed by atoms with Crippen molar-refractivity contribution in [2.75, 3.05) is 0 Å². The van der Waals surface area contributed by atoms with Crippen LogP contribution in [0.15, 0.2) is 24.3 Å². The molecule has 0 saturated heterocycles. The molecular weight excluding hydrogens is 266 g/mol. The summed E-state index contributed by atoms with van der Waals surface area (Å²) in [5.41, 5.74) is 1.70. The second-order valence-corrected chi connectivity index (χ2v) is 6.51. The molecule has 1 aromatic carbocycles. The Bertz CT molecular complexity index is 723. The topological polar surface area (TPSA) is 62.0 Å². The number of benzene rings is 1. The van der Waals surface area contributed by atoms with Gasteiger partial charge in [0.2, 0.25) is 0 Å². The van der Waals surface area contributed by atoms with Gasteiger partial charge >= 0.3 is 5.82 Å². The van der Waals surface area contributed by atoms with E-state index in [9.17, 15) is 5.21 Å². The van der Waals surface area contributed by atoms with Crippen LogP contribution in [0.1, 0.15) is 44.6 Å². The van der Waals surface area contributed by atoms with Crippen molar-refractivity contribution in [2.24, 2.45) is 0 Å². The van der Waals surface area contributed by atoms with Crippen LogP contribution in [0.2, 0.25) is 0 Å². The van der Waals surface area contributed by atoms with E-state index in [2.05, 4.69) is 10.2 Å². The van der Waals surface area contributed by atoms with Crippen LogP contribution < -0.4 is 4.73 Å². The van der Waals surface area contributed by atoms with Gasteiger partial charge in [-0.25, -0.2) is 4.73 Å². The van der Waals surface area contributed by atoms with Crippen LogP contribution in [0.3, 0.4) is 0 Å². The summed E-state index contributed by atoms with van der Waals surface area (Å²) in [7, 11) is 0. The van der Waals surface area contributed by atoms with Crippen LogP contribution in [-0.4, -0.2) is 10.2 Å². The first-order valence-corrected chi connectivity index (χ1v) is 7.01. The molecule has 0 N–H and O–H groups in total. The second kappa shape index (κ2) is 4.24. The van der Waals surface area contributed by atoms with Crippen LogP contribution in [0.4, 0.5) is 0 Å². The Kier molecular flexibility index (Phi) is 2.82. The molecule has 5 heteroatoms. The zero-order valence-corrected chi connectivity index (χ0v) is 13.0. The van der Waals surface area contributed by atoms with E-state index in [1.807, 2.05) is 58.9 Å². The summed E-state index contributed by atoms with van der Waals surface area (Å²) in [6.07, 6.45) is 0. The first-order chi connectivity index (χ1) is 9.72. The average Bonchev–Trinajstić information content (AvgIpc) is 2.55. The van der Waals surface area contributed by atoms with Crippen LogP contribution in [0.25, 0.3) is 11.4 Å². The molecule has 0 atom stereocenters. The van der Waals surface area contributed by atoms with E-state index in [1.165, 1.54) is 0 Å². The highest BCUT2D eigenvalue weighted by molar-refractivity contribution is 5.53. The lowest BCUT2D eigenvalue weighted by Gasteiger charge is -2.23. The van der Waals surface area contributed by atoms with Gasteiger partial charge in [-0.1, -0.05) is 17.7 Å². The molecule has 0 saturated carbocycles. The number of nitrogens with zero attached hydrogens (tertiary/aromatic N) is 3. The molecule has 0 spiro atoms. The highest BCUT2D eigenvalue weighted by atomic mass is 16.5. The lowest BCUT2D eigenvalue weighted by Crippen LogP contribution is -2.42. The van der Waals surface area contributed by atoms with E-state index in [4.69, 9.17) is 4.74 Å². The predicted molar refractivity (Wildman–Crippen MR) is 78.3 cm³/mol. The lowest BCUT2D eigenvalue weighted by molar-refractivity contribution is -0.612. The molecular formula is C16H19N3O2. The Morgan fingerprint density at radius 3 is 2.48 bits per heavy atom. The molecule has 110 valence electrons. The van der Waals surface area contributed by atoms with Crippen LogP contribution in [0, 0.1) is 12.1 Å². The lowest BCUT2D eigenvalue weighted by atomic mass is 10.0. The maximum Gasteiger partial charge on any atom is 0.361 e. The number of hydrogen-bond donors (Lipinski definition) is 0. The molecule has 0 bridgehead atoms. The Morgan fingerprint density at radius 1 is 1.10 bits per heavy atom. The van der Waals surface area contributed by atoms with E-state index < -0.39 is 11.2 Å². The molecule has 0 radical (unpaired) electrons. The Balaban J connectivity index is 2.25. The summed E-state index contributed by atoms with van der Waals surface area (Å²) in [6.45, 7) is 9.56. The van der Waals surface area contributed by atoms with Gasteiger partial charge in [0.25, 0.3) is 0 Å². The standard InChI is InChI=1S/C16H19N3O2/c1-10-7-6-8-11(9-10)14-18-17-12-13(19(14)20)16(4,5)21-15(12,2)3/h6-9H,1-5H3.